The van der Waals surface area contributed by atoms with Gasteiger partial charge in [0.2, 0.25) is 0 Å². The zero-order valence-electron chi connectivity index (χ0n) is 10.6. The maximum Gasteiger partial charge on any atom is 0.128 e. The minimum atomic E-state index is -0.245. The minimum absolute atomic E-state index is 0.199. The summed E-state index contributed by atoms with van der Waals surface area (Å²) in [6, 6.07) is 15.1. The van der Waals surface area contributed by atoms with Crippen LogP contribution in [0.4, 0.5) is 4.39 Å². The van der Waals surface area contributed by atoms with Crippen LogP contribution in [-0.2, 0) is 6.42 Å². The van der Waals surface area contributed by atoms with E-state index in [2.05, 4.69) is 12.1 Å². The van der Waals surface area contributed by atoms with E-state index in [0.717, 1.165) is 18.4 Å². The smallest absolute Gasteiger partial charge is 0.128 e. The maximum atomic E-state index is 13.7. The molecule has 0 aromatic heterocycles. The highest BCUT2D eigenvalue weighted by molar-refractivity contribution is 5.26. The molecule has 0 aliphatic carbocycles. The van der Waals surface area contributed by atoms with Gasteiger partial charge in [-0.15, -0.1) is 0 Å². The summed E-state index contributed by atoms with van der Waals surface area (Å²) < 4.78 is 13.7. The summed E-state index contributed by atoms with van der Waals surface area (Å²) >= 11 is 0. The number of hydrogen-bond acceptors (Lipinski definition) is 1. The zero-order chi connectivity index (χ0) is 13.0. The molecule has 0 saturated heterocycles. The van der Waals surface area contributed by atoms with E-state index in [-0.39, 0.29) is 11.9 Å². The average Bonchev–Trinajstić information content (AvgIpc) is 2.37. The van der Waals surface area contributed by atoms with Crippen LogP contribution in [-0.4, -0.2) is 0 Å². The molecular weight excluding hydrogens is 225 g/mol. The van der Waals surface area contributed by atoms with Gasteiger partial charge in [-0.3, -0.25) is 0 Å². The molecular formula is C16H18FN. The first-order chi connectivity index (χ1) is 8.66. The van der Waals surface area contributed by atoms with Crippen molar-refractivity contribution in [1.82, 2.24) is 0 Å². The van der Waals surface area contributed by atoms with Crippen LogP contribution in [0.5, 0.6) is 0 Å². The first-order valence-electron chi connectivity index (χ1n) is 6.22. The summed E-state index contributed by atoms with van der Waals surface area (Å²) in [5, 5.41) is 0. The summed E-state index contributed by atoms with van der Waals surface area (Å²) in [4.78, 5) is 0. The predicted octanol–water partition coefficient (Wildman–Crippen LogP) is 3.77. The summed E-state index contributed by atoms with van der Waals surface area (Å²) in [5.74, 6) is -0.199. The fraction of sp³-hybridized carbons (Fsp3) is 0.250. The van der Waals surface area contributed by atoms with Crippen LogP contribution in [0.1, 0.15) is 29.2 Å². The molecule has 0 amide bonds. The molecule has 2 heteroatoms. The molecule has 0 bridgehead atoms. The Labute approximate surface area is 107 Å². The van der Waals surface area contributed by atoms with Gasteiger partial charge in [-0.25, -0.2) is 4.39 Å². The largest absolute Gasteiger partial charge is 0.324 e. The van der Waals surface area contributed by atoms with Gasteiger partial charge in [0.25, 0.3) is 0 Å². The van der Waals surface area contributed by atoms with E-state index in [1.54, 1.807) is 6.07 Å². The second-order valence-corrected chi connectivity index (χ2v) is 4.66. The van der Waals surface area contributed by atoms with Crippen molar-refractivity contribution < 1.29 is 4.39 Å². The molecule has 0 aliphatic heterocycles. The van der Waals surface area contributed by atoms with Crippen molar-refractivity contribution in [2.45, 2.75) is 25.8 Å². The molecule has 94 valence electrons. The Morgan fingerprint density at radius 1 is 1.11 bits per heavy atom. The molecule has 2 aromatic carbocycles. The van der Waals surface area contributed by atoms with E-state index in [0.29, 0.717) is 5.56 Å². The molecule has 1 atom stereocenters. The van der Waals surface area contributed by atoms with Crippen LogP contribution >= 0.6 is 0 Å². The van der Waals surface area contributed by atoms with E-state index >= 15 is 0 Å². The lowest BCUT2D eigenvalue weighted by atomic mass is 9.98. The van der Waals surface area contributed by atoms with Gasteiger partial charge in [0.05, 0.1) is 0 Å². The first kappa shape index (κ1) is 12.8. The van der Waals surface area contributed by atoms with Gasteiger partial charge >= 0.3 is 0 Å². The average molecular weight is 243 g/mol. The van der Waals surface area contributed by atoms with Crippen molar-refractivity contribution in [1.29, 1.82) is 0 Å². The third-order valence-electron chi connectivity index (χ3n) is 3.14. The number of hydrogen-bond donors (Lipinski definition) is 1. The molecule has 0 aliphatic rings. The molecule has 0 heterocycles. The Kier molecular flexibility index (Phi) is 4.11. The predicted molar refractivity (Wildman–Crippen MR) is 72.8 cm³/mol. The van der Waals surface area contributed by atoms with Crippen molar-refractivity contribution in [3.63, 3.8) is 0 Å². The van der Waals surface area contributed by atoms with E-state index in [4.69, 9.17) is 5.73 Å². The Morgan fingerprint density at radius 2 is 1.83 bits per heavy atom. The van der Waals surface area contributed by atoms with Gasteiger partial charge in [-0.2, -0.15) is 0 Å². The minimum Gasteiger partial charge on any atom is -0.324 e. The molecule has 2 rings (SSSR count). The molecule has 0 fully saturated rings. The van der Waals surface area contributed by atoms with E-state index in [9.17, 15) is 4.39 Å². The topological polar surface area (TPSA) is 26.0 Å². The van der Waals surface area contributed by atoms with Gasteiger partial charge < -0.3 is 5.73 Å². The van der Waals surface area contributed by atoms with E-state index in [1.165, 1.54) is 11.6 Å². The molecule has 2 N–H and O–H groups in total. The fourth-order valence-corrected chi connectivity index (χ4v) is 2.06. The number of rotatable bonds is 4. The van der Waals surface area contributed by atoms with Crippen LogP contribution in [0.2, 0.25) is 0 Å². The third kappa shape index (κ3) is 3.17. The van der Waals surface area contributed by atoms with Crippen molar-refractivity contribution in [3.05, 3.63) is 71.0 Å². The maximum absolute atomic E-state index is 13.7. The van der Waals surface area contributed by atoms with Crippen LogP contribution in [0.3, 0.4) is 0 Å². The SMILES string of the molecule is Cc1ccc(C(N)CCc2ccccc2)c(F)c1. The van der Waals surface area contributed by atoms with E-state index in [1.807, 2.05) is 31.2 Å². The van der Waals surface area contributed by atoms with E-state index < -0.39 is 0 Å². The van der Waals surface area contributed by atoms with Gasteiger partial charge in [-0.05, 0) is 37.0 Å². The highest BCUT2D eigenvalue weighted by Crippen LogP contribution is 2.20. The lowest BCUT2D eigenvalue weighted by Gasteiger charge is -2.13. The van der Waals surface area contributed by atoms with Gasteiger partial charge in [0, 0.05) is 11.6 Å². The summed E-state index contributed by atoms with van der Waals surface area (Å²) in [6.07, 6.45) is 1.62. The summed E-state index contributed by atoms with van der Waals surface area (Å²) in [5.41, 5.74) is 8.82. The van der Waals surface area contributed by atoms with Crippen molar-refractivity contribution in [3.8, 4) is 0 Å². The van der Waals surface area contributed by atoms with Crippen LogP contribution in [0.25, 0.3) is 0 Å². The van der Waals surface area contributed by atoms with Crippen molar-refractivity contribution >= 4 is 0 Å². The highest BCUT2D eigenvalue weighted by atomic mass is 19.1. The summed E-state index contributed by atoms with van der Waals surface area (Å²) in [7, 11) is 0. The number of benzene rings is 2. The molecule has 2 aromatic rings. The number of aryl methyl sites for hydroxylation is 2. The summed E-state index contributed by atoms with van der Waals surface area (Å²) in [6.45, 7) is 1.88. The molecule has 0 radical (unpaired) electrons. The molecule has 0 spiro atoms. The third-order valence-corrected chi connectivity index (χ3v) is 3.14. The van der Waals surface area contributed by atoms with Crippen molar-refractivity contribution in [2.75, 3.05) is 0 Å². The quantitative estimate of drug-likeness (QED) is 0.869. The lowest BCUT2D eigenvalue weighted by molar-refractivity contribution is 0.563. The Balaban J connectivity index is 2.01. The van der Waals surface area contributed by atoms with Crippen LogP contribution in [0, 0.1) is 12.7 Å². The monoisotopic (exact) mass is 243 g/mol. The fourth-order valence-electron chi connectivity index (χ4n) is 2.06. The number of nitrogens with two attached hydrogens (primary N) is 1. The van der Waals surface area contributed by atoms with Gasteiger partial charge in [0.15, 0.2) is 0 Å². The zero-order valence-corrected chi connectivity index (χ0v) is 10.6. The highest BCUT2D eigenvalue weighted by Gasteiger charge is 2.11. The van der Waals surface area contributed by atoms with Crippen LogP contribution < -0.4 is 5.73 Å². The molecule has 1 unspecified atom stereocenters. The Hall–Kier alpha value is -1.67. The van der Waals surface area contributed by atoms with Crippen molar-refractivity contribution in [2.24, 2.45) is 5.73 Å². The second-order valence-electron chi connectivity index (χ2n) is 4.66. The molecule has 1 nitrogen and oxygen atoms in total. The normalized spacial score (nSPS) is 12.4. The lowest BCUT2D eigenvalue weighted by Crippen LogP contribution is -2.13. The Bertz CT molecular complexity index is 508. The number of halogens is 1. The molecule has 18 heavy (non-hydrogen) atoms. The van der Waals surface area contributed by atoms with Gasteiger partial charge in [-0.1, -0.05) is 42.5 Å². The standard InChI is InChI=1S/C16H18FN/c1-12-7-9-14(15(17)11-12)16(18)10-8-13-5-3-2-4-6-13/h2-7,9,11,16H,8,10,18H2,1H3. The first-order valence-corrected chi connectivity index (χ1v) is 6.22. The molecule has 0 saturated carbocycles. The van der Waals surface area contributed by atoms with Gasteiger partial charge in [0.1, 0.15) is 5.82 Å². The second kappa shape index (κ2) is 5.78. The Morgan fingerprint density at radius 3 is 2.50 bits per heavy atom. The van der Waals surface area contributed by atoms with Crippen LogP contribution in [0.15, 0.2) is 48.5 Å².